The first-order valence-corrected chi connectivity index (χ1v) is 12.3. The van der Waals surface area contributed by atoms with Crippen molar-refractivity contribution in [3.8, 4) is 11.8 Å². The molecule has 3 aromatic carbocycles. The molecule has 0 unspecified atom stereocenters. The predicted molar refractivity (Wildman–Crippen MR) is 143 cm³/mol. The van der Waals surface area contributed by atoms with Gasteiger partial charge in [-0.1, -0.05) is 42.2 Å². The van der Waals surface area contributed by atoms with E-state index in [1.54, 1.807) is 12.1 Å². The molecule has 1 atom stereocenters. The minimum absolute atomic E-state index is 0.134. The number of halogens is 1. The van der Waals surface area contributed by atoms with Crippen LogP contribution in [0.25, 0.3) is 0 Å². The molecule has 36 heavy (non-hydrogen) atoms. The number of hydrogen-bond acceptors (Lipinski definition) is 3. The van der Waals surface area contributed by atoms with E-state index < -0.39 is 0 Å². The molecule has 6 heteroatoms. The van der Waals surface area contributed by atoms with Crippen LogP contribution in [0.3, 0.4) is 0 Å². The fraction of sp³-hybridized carbons (Fsp3) is 0.300. The summed E-state index contributed by atoms with van der Waals surface area (Å²) >= 11 is 0. The lowest BCUT2D eigenvalue weighted by Gasteiger charge is -2.28. The summed E-state index contributed by atoms with van der Waals surface area (Å²) in [4.78, 5) is 14.8. The third kappa shape index (κ3) is 8.53. The van der Waals surface area contributed by atoms with Gasteiger partial charge in [-0.05, 0) is 85.8 Å². The average molecular weight is 488 g/mol. The van der Waals surface area contributed by atoms with Crippen LogP contribution < -0.4 is 10.6 Å². The average Bonchev–Trinajstić information content (AvgIpc) is 2.93. The first-order chi connectivity index (χ1) is 17.7. The van der Waals surface area contributed by atoms with E-state index in [0.717, 1.165) is 50.6 Å². The van der Waals surface area contributed by atoms with Crippen molar-refractivity contribution in [3.63, 3.8) is 0 Å². The summed E-state index contributed by atoms with van der Waals surface area (Å²) in [6.07, 6.45) is 2.82. The van der Waals surface area contributed by atoms with Gasteiger partial charge in [0.1, 0.15) is 5.82 Å². The summed E-state index contributed by atoms with van der Waals surface area (Å²) in [5, 5.41) is 13.5. The van der Waals surface area contributed by atoms with Gasteiger partial charge >= 0.3 is 6.03 Å². The van der Waals surface area contributed by atoms with Crippen molar-refractivity contribution >= 4 is 11.7 Å². The van der Waals surface area contributed by atoms with Gasteiger partial charge in [0.2, 0.25) is 0 Å². The number of aliphatic hydroxyl groups is 1. The van der Waals surface area contributed by atoms with Gasteiger partial charge in [0, 0.05) is 43.6 Å². The number of rotatable bonds is 2. The number of carbonyl (C=O) groups excluding carboxylic acids is 1. The zero-order valence-electron chi connectivity index (χ0n) is 20.7. The smallest absolute Gasteiger partial charge is 0.321 e. The largest absolute Gasteiger partial charge is 0.400 e. The zero-order chi connectivity index (χ0) is 25.6. The van der Waals surface area contributed by atoms with Gasteiger partial charge < -0.3 is 20.6 Å². The van der Waals surface area contributed by atoms with Crippen molar-refractivity contribution in [3.05, 3.63) is 101 Å². The molecule has 1 aliphatic rings. The Morgan fingerprint density at radius 1 is 0.917 bits per heavy atom. The highest BCUT2D eigenvalue weighted by molar-refractivity contribution is 5.89. The standard InChI is InChI=1S/C29H30FN3O.CH4O/c30-27-14-16-28(17-15-27)32-29(34)33-20-5-4-19-31-22-26(18-21-33)25-12-10-24(11-13-25)9-8-23-6-2-1-3-7-23;1-2/h1-3,6-7,10-17,26,31H,4-5,18-22H2,(H,32,34);2H,1H3/t26-;/m1./s1. The Morgan fingerprint density at radius 3 is 2.28 bits per heavy atom. The molecule has 0 bridgehead atoms. The number of carbonyl (C=O) groups is 1. The second kappa shape index (κ2) is 14.7. The molecule has 5 nitrogen and oxygen atoms in total. The molecule has 0 aliphatic carbocycles. The minimum atomic E-state index is -0.315. The van der Waals surface area contributed by atoms with Crippen LogP contribution in [0, 0.1) is 17.7 Å². The maximum atomic E-state index is 13.2. The third-order valence-electron chi connectivity index (χ3n) is 6.06. The van der Waals surface area contributed by atoms with Gasteiger partial charge in [0.15, 0.2) is 0 Å². The highest BCUT2D eigenvalue weighted by Crippen LogP contribution is 2.21. The SMILES string of the molecule is CO.O=C(Nc1ccc(F)cc1)N1CCCCNC[C@H](c2ccc(C#Cc3ccccc3)cc2)CC1. The van der Waals surface area contributed by atoms with Crippen molar-refractivity contribution in [2.24, 2.45) is 0 Å². The van der Waals surface area contributed by atoms with Crippen LogP contribution in [0.1, 0.15) is 41.9 Å². The molecule has 3 N–H and O–H groups in total. The lowest BCUT2D eigenvalue weighted by atomic mass is 9.94. The van der Waals surface area contributed by atoms with Gasteiger partial charge in [-0.15, -0.1) is 0 Å². The Morgan fingerprint density at radius 2 is 1.58 bits per heavy atom. The van der Waals surface area contributed by atoms with E-state index >= 15 is 0 Å². The number of hydrogen-bond donors (Lipinski definition) is 3. The molecule has 0 saturated carbocycles. The van der Waals surface area contributed by atoms with E-state index in [-0.39, 0.29) is 11.8 Å². The number of anilines is 1. The predicted octanol–water partition coefficient (Wildman–Crippen LogP) is 5.23. The summed E-state index contributed by atoms with van der Waals surface area (Å²) < 4.78 is 13.2. The fourth-order valence-electron chi connectivity index (χ4n) is 4.08. The summed E-state index contributed by atoms with van der Waals surface area (Å²) in [7, 11) is 1.00. The Hall–Kier alpha value is -3.66. The molecular formula is C30H34FN3O2. The fourth-order valence-corrected chi connectivity index (χ4v) is 4.08. The van der Waals surface area contributed by atoms with Crippen LogP contribution in [0.2, 0.25) is 0 Å². The lowest BCUT2D eigenvalue weighted by molar-refractivity contribution is 0.206. The van der Waals surface area contributed by atoms with E-state index in [4.69, 9.17) is 5.11 Å². The second-order valence-electron chi connectivity index (χ2n) is 8.56. The van der Waals surface area contributed by atoms with E-state index in [9.17, 15) is 9.18 Å². The maximum Gasteiger partial charge on any atom is 0.321 e. The topological polar surface area (TPSA) is 64.6 Å². The summed E-state index contributed by atoms with van der Waals surface area (Å²) in [5.41, 5.74) is 3.84. The first-order valence-electron chi connectivity index (χ1n) is 12.3. The van der Waals surface area contributed by atoms with Gasteiger partial charge in [-0.3, -0.25) is 0 Å². The molecule has 0 aromatic heterocycles. The van der Waals surface area contributed by atoms with Crippen LogP contribution >= 0.6 is 0 Å². The van der Waals surface area contributed by atoms with Crippen molar-refractivity contribution in [1.29, 1.82) is 0 Å². The van der Waals surface area contributed by atoms with Crippen molar-refractivity contribution < 1.29 is 14.3 Å². The Balaban J connectivity index is 0.00000176. The normalized spacial score (nSPS) is 16.0. The molecule has 0 radical (unpaired) electrons. The number of amides is 2. The summed E-state index contributed by atoms with van der Waals surface area (Å²) in [6, 6.07) is 24.2. The molecule has 1 heterocycles. The first kappa shape index (κ1) is 26.9. The molecule has 2 amide bonds. The lowest BCUT2D eigenvalue weighted by Crippen LogP contribution is -2.39. The number of benzene rings is 3. The number of urea groups is 1. The maximum absolute atomic E-state index is 13.2. The van der Waals surface area contributed by atoms with Crippen molar-refractivity contribution in [2.75, 3.05) is 38.6 Å². The molecule has 0 spiro atoms. The highest BCUT2D eigenvalue weighted by atomic mass is 19.1. The number of nitrogens with zero attached hydrogens (tertiary/aromatic N) is 1. The zero-order valence-corrected chi connectivity index (χ0v) is 20.7. The van der Waals surface area contributed by atoms with Crippen LogP contribution in [-0.2, 0) is 0 Å². The third-order valence-corrected chi connectivity index (χ3v) is 6.06. The highest BCUT2D eigenvalue weighted by Gasteiger charge is 2.19. The van der Waals surface area contributed by atoms with E-state index in [1.165, 1.54) is 17.7 Å². The molecule has 1 saturated heterocycles. The van der Waals surface area contributed by atoms with Crippen LogP contribution in [0.5, 0.6) is 0 Å². The van der Waals surface area contributed by atoms with Crippen LogP contribution in [0.4, 0.5) is 14.9 Å². The number of nitrogens with one attached hydrogen (secondary N) is 2. The van der Waals surface area contributed by atoms with Crippen molar-refractivity contribution in [2.45, 2.75) is 25.2 Å². The summed E-state index contributed by atoms with van der Waals surface area (Å²) in [6.45, 7) is 3.18. The summed E-state index contributed by atoms with van der Waals surface area (Å²) in [5.74, 6) is 6.42. The van der Waals surface area contributed by atoms with Crippen molar-refractivity contribution in [1.82, 2.24) is 10.2 Å². The quantitative estimate of drug-likeness (QED) is 0.434. The Bertz CT molecular complexity index is 1120. The van der Waals surface area contributed by atoms with E-state index in [0.29, 0.717) is 24.7 Å². The van der Waals surface area contributed by atoms with Gasteiger partial charge in [-0.25, -0.2) is 9.18 Å². The van der Waals surface area contributed by atoms with Crippen LogP contribution in [0.15, 0.2) is 78.9 Å². The Labute approximate surface area is 213 Å². The van der Waals surface area contributed by atoms with Gasteiger partial charge in [-0.2, -0.15) is 0 Å². The monoisotopic (exact) mass is 487 g/mol. The van der Waals surface area contributed by atoms with E-state index in [2.05, 4.69) is 46.7 Å². The molecule has 188 valence electrons. The Kier molecular flexibility index (Phi) is 11.0. The minimum Gasteiger partial charge on any atom is -0.400 e. The second-order valence-corrected chi connectivity index (χ2v) is 8.56. The van der Waals surface area contributed by atoms with E-state index in [1.807, 2.05) is 35.2 Å². The van der Waals surface area contributed by atoms with Crippen LogP contribution in [-0.4, -0.2) is 49.3 Å². The van der Waals surface area contributed by atoms with Gasteiger partial charge in [0.05, 0.1) is 0 Å². The molecule has 3 aromatic rings. The number of aliphatic hydroxyl groups excluding tert-OH is 1. The molecular weight excluding hydrogens is 453 g/mol. The molecule has 1 fully saturated rings. The molecule has 4 rings (SSSR count). The van der Waals surface area contributed by atoms with Gasteiger partial charge in [0.25, 0.3) is 0 Å². The molecule has 1 aliphatic heterocycles.